The Labute approximate surface area is 637 Å². The number of imidazole rings is 1. The lowest BCUT2D eigenvalue weighted by molar-refractivity contribution is -0.145. The molecule has 3 unspecified atom stereocenters. The van der Waals surface area contributed by atoms with Gasteiger partial charge in [0.2, 0.25) is 41.4 Å². The first-order valence-corrected chi connectivity index (χ1v) is 36.7. The van der Waals surface area contributed by atoms with E-state index in [0.717, 1.165) is 0 Å². The summed E-state index contributed by atoms with van der Waals surface area (Å²) < 4.78 is 0. The Bertz CT molecular complexity index is 3310. The van der Waals surface area contributed by atoms with E-state index < -0.39 is 183 Å². The number of rotatable bonds is 43. The van der Waals surface area contributed by atoms with Crippen molar-refractivity contribution in [1.29, 1.82) is 0 Å². The molecule has 0 saturated carbocycles. The molecule has 1 aromatic heterocycles. The molecule has 7 atom stereocenters. The van der Waals surface area contributed by atoms with E-state index >= 15 is 0 Å². The lowest BCUT2D eigenvalue weighted by atomic mass is 9.96. The second-order valence-electron chi connectivity index (χ2n) is 28.0. The van der Waals surface area contributed by atoms with Crippen molar-refractivity contribution in [2.24, 2.45) is 11.8 Å². The molecule has 1 aromatic carbocycles. The molecule has 0 aliphatic carbocycles. The third-order valence-corrected chi connectivity index (χ3v) is 18.8. The van der Waals surface area contributed by atoms with E-state index in [1.165, 1.54) is 53.7 Å². The molecule has 4 rings (SSSR count). The van der Waals surface area contributed by atoms with Crippen molar-refractivity contribution in [3.8, 4) is 0 Å². The number of carboxylic acids is 8. The average Bonchev–Trinajstić information content (AvgIpc) is 1.03. The normalized spacial score (nSPS) is 17.5. The molecule has 614 valence electrons. The predicted octanol–water partition coefficient (Wildman–Crippen LogP) is -4.14. The van der Waals surface area contributed by atoms with Crippen LogP contribution < -0.4 is 37.2 Å². The standard InChI is InChI=1S/C70H111N17O23/c1-6-46(4)64(79-67(105)53(76-47(5)88)34-50-37-71-44-75-50)68(106)78-52(33-45(2)3)66(104)74-36-49-9-7-48(8-10-49)35-73-65(103)51(77-57(90)14-12-55(70(109)110)87-31-27-84(42-62(99)100)23-19-81(39-59(93)94)20-24-85(28-32-87)43-63(101)102)15-16-72-56(89)13-11-54(69(107)108)86-29-25-82(40-60(95)96)21-17-80(38-58(91)92)18-22-83(26-30-86)41-61(97)98/h7-10,37,44-46,51-55,64H,6,11-36,38-43H2,1-5H3,(H,71,75)(H,72,89)(H,73,103)(H,74,104)(H,76,88)(H,77,90)(H,78,106)(H,79,105)(H,91,92)(H,93,94)(H,95,96)(H,97,98)(H,99,100)(H,101,102)(H,107,108)(H,109,110)/t46?,51-,52-,53-,54?,55?,64-/m0/s1. The van der Waals surface area contributed by atoms with Gasteiger partial charge in [0.25, 0.3) is 0 Å². The van der Waals surface area contributed by atoms with Gasteiger partial charge in [0.1, 0.15) is 36.3 Å². The summed E-state index contributed by atoms with van der Waals surface area (Å²) >= 11 is 0. The van der Waals surface area contributed by atoms with Crippen LogP contribution in [0.25, 0.3) is 0 Å². The van der Waals surface area contributed by atoms with Gasteiger partial charge in [-0.05, 0) is 48.6 Å². The molecule has 2 fully saturated rings. The van der Waals surface area contributed by atoms with Crippen molar-refractivity contribution < 1.29 is 113 Å². The van der Waals surface area contributed by atoms with Gasteiger partial charge in [-0.25, -0.2) is 4.98 Å². The molecule has 2 aromatic rings. The Morgan fingerprint density at radius 1 is 0.436 bits per heavy atom. The molecule has 7 amide bonds. The quantitative estimate of drug-likeness (QED) is 0.0300. The van der Waals surface area contributed by atoms with Gasteiger partial charge in [0.05, 0.1) is 45.6 Å². The topological polar surface area (TPSA) is 557 Å². The molecular weight excluding hydrogens is 1450 g/mol. The zero-order valence-corrected chi connectivity index (χ0v) is 63.1. The number of aromatic amines is 1. The van der Waals surface area contributed by atoms with Crippen molar-refractivity contribution in [3.63, 3.8) is 0 Å². The Balaban J connectivity index is 1.55. The van der Waals surface area contributed by atoms with E-state index in [1.54, 1.807) is 36.1 Å². The zero-order chi connectivity index (χ0) is 81.6. The highest BCUT2D eigenvalue weighted by Crippen LogP contribution is 2.17. The minimum atomic E-state index is -1.43. The van der Waals surface area contributed by atoms with Crippen molar-refractivity contribution in [2.75, 3.05) is 151 Å². The fourth-order valence-corrected chi connectivity index (χ4v) is 12.7. The third kappa shape index (κ3) is 36.6. The molecular formula is C70H111N17O23. The summed E-state index contributed by atoms with van der Waals surface area (Å²) in [4.78, 5) is 212. The van der Waals surface area contributed by atoms with Crippen LogP contribution in [0.15, 0.2) is 36.8 Å². The fourth-order valence-electron chi connectivity index (χ4n) is 12.7. The van der Waals surface area contributed by atoms with Gasteiger partial charge in [-0.15, -0.1) is 0 Å². The van der Waals surface area contributed by atoms with Gasteiger partial charge in [0.15, 0.2) is 0 Å². The molecule has 2 saturated heterocycles. The molecule has 0 radical (unpaired) electrons. The van der Waals surface area contributed by atoms with Gasteiger partial charge in [-0.1, -0.05) is 58.4 Å². The first-order chi connectivity index (χ1) is 52.1. The Hall–Kier alpha value is -9.84. The first-order valence-electron chi connectivity index (χ1n) is 36.7. The van der Waals surface area contributed by atoms with Crippen LogP contribution in [0.4, 0.5) is 0 Å². The van der Waals surface area contributed by atoms with E-state index in [9.17, 15) is 113 Å². The van der Waals surface area contributed by atoms with E-state index in [-0.39, 0.29) is 162 Å². The number of H-pyrrole nitrogens is 1. The maximum absolute atomic E-state index is 14.3. The van der Waals surface area contributed by atoms with Crippen LogP contribution in [-0.2, 0) is 91.4 Å². The zero-order valence-electron chi connectivity index (χ0n) is 63.1. The lowest BCUT2D eigenvalue weighted by Crippen LogP contribution is -2.58. The number of hydrogen-bond donors (Lipinski definition) is 16. The highest BCUT2D eigenvalue weighted by atomic mass is 16.4. The van der Waals surface area contributed by atoms with Gasteiger partial charge in [0, 0.05) is 162 Å². The van der Waals surface area contributed by atoms with Crippen LogP contribution in [0.3, 0.4) is 0 Å². The smallest absolute Gasteiger partial charge is 0.320 e. The van der Waals surface area contributed by atoms with Crippen molar-refractivity contribution in [3.05, 3.63) is 53.6 Å². The summed E-state index contributed by atoms with van der Waals surface area (Å²) in [6, 6.07) is -0.750. The summed E-state index contributed by atoms with van der Waals surface area (Å²) in [7, 11) is 0. The van der Waals surface area contributed by atoms with Crippen LogP contribution >= 0.6 is 0 Å². The second-order valence-corrected chi connectivity index (χ2v) is 28.0. The molecule has 0 bridgehead atoms. The highest BCUT2D eigenvalue weighted by Gasteiger charge is 2.35. The number of nitrogens with one attached hydrogen (secondary N) is 8. The molecule has 40 heteroatoms. The monoisotopic (exact) mass is 1560 g/mol. The maximum Gasteiger partial charge on any atom is 0.320 e. The Morgan fingerprint density at radius 2 is 0.809 bits per heavy atom. The highest BCUT2D eigenvalue weighted by molar-refractivity contribution is 5.94. The van der Waals surface area contributed by atoms with Crippen LogP contribution in [0, 0.1) is 11.8 Å². The number of aromatic nitrogens is 2. The van der Waals surface area contributed by atoms with E-state index in [0.29, 0.717) is 23.2 Å². The minimum Gasteiger partial charge on any atom is -0.480 e. The molecule has 2 aliphatic rings. The van der Waals surface area contributed by atoms with Crippen LogP contribution in [-0.4, -0.2) is 366 Å². The van der Waals surface area contributed by atoms with E-state index in [1.807, 2.05) is 20.8 Å². The van der Waals surface area contributed by atoms with Crippen LogP contribution in [0.2, 0.25) is 0 Å². The number of carboxylic acid groups (broad SMARTS) is 8. The Kier molecular flexibility index (Phi) is 40.9. The van der Waals surface area contributed by atoms with E-state index in [2.05, 4.69) is 47.2 Å². The van der Waals surface area contributed by atoms with Gasteiger partial charge < -0.3 is 83.1 Å². The third-order valence-electron chi connectivity index (χ3n) is 18.8. The van der Waals surface area contributed by atoms with Gasteiger partial charge in [-0.3, -0.25) is 111 Å². The summed E-state index contributed by atoms with van der Waals surface area (Å²) in [5.41, 5.74) is 1.70. The number of carbonyl (C=O) groups excluding carboxylic acids is 7. The maximum atomic E-state index is 14.3. The number of amides is 7. The molecule has 110 heavy (non-hydrogen) atoms. The summed E-state index contributed by atoms with van der Waals surface area (Å²) in [6.45, 7) is 5.59. The van der Waals surface area contributed by atoms with Crippen molar-refractivity contribution >= 4 is 89.1 Å². The van der Waals surface area contributed by atoms with Crippen molar-refractivity contribution in [1.82, 2.24) is 86.4 Å². The average molecular weight is 1560 g/mol. The number of benzene rings is 1. The number of nitrogens with zero attached hydrogens (tertiary/aromatic N) is 9. The van der Waals surface area contributed by atoms with Gasteiger partial charge in [-0.2, -0.15) is 0 Å². The van der Waals surface area contributed by atoms with E-state index in [4.69, 9.17) is 0 Å². The fraction of sp³-hybridized carbons (Fsp3) is 0.657. The van der Waals surface area contributed by atoms with Gasteiger partial charge >= 0.3 is 47.8 Å². The second kappa shape index (κ2) is 48.6. The molecule has 0 spiro atoms. The first kappa shape index (κ1) is 92.5. The largest absolute Gasteiger partial charge is 0.480 e. The van der Waals surface area contributed by atoms with Crippen LogP contribution in [0.1, 0.15) is 96.4 Å². The number of carbonyl (C=O) groups is 15. The number of aliphatic carboxylic acids is 8. The molecule has 40 nitrogen and oxygen atoms in total. The summed E-state index contributed by atoms with van der Waals surface area (Å²) in [6.07, 6.45) is 1.78. The SMILES string of the molecule is CCC(C)[C@H](NC(=O)[C@H](Cc1cnc[nH]1)NC(C)=O)C(=O)N[C@@H](CC(C)C)C(=O)NCc1ccc(CNC(=O)[C@H](CCNC(=O)CCC(C(=O)O)N2CCN(CC(=O)O)CCN(CC(=O)O)CCN(CC(=O)O)CC2)NC(=O)CCC(C(=O)O)N2CCN(CC(=O)O)CCN(CC(=O)O)CCN(CC(=O)O)CC2)cc1. The predicted molar refractivity (Wildman–Crippen MR) is 391 cm³/mol. The molecule has 2 aliphatic heterocycles. The molecule has 3 heterocycles. The minimum absolute atomic E-state index is 0.00877. The Morgan fingerprint density at radius 3 is 1.15 bits per heavy atom. The summed E-state index contributed by atoms with van der Waals surface area (Å²) in [5, 5.41) is 98.5. The lowest BCUT2D eigenvalue weighted by Gasteiger charge is -2.35. The number of hydrogen-bond acceptors (Lipinski definition) is 24. The van der Waals surface area contributed by atoms with Crippen molar-refractivity contribution in [2.45, 2.75) is 135 Å². The molecule has 16 N–H and O–H groups in total. The van der Waals surface area contributed by atoms with Crippen LogP contribution in [0.5, 0.6) is 0 Å². The summed E-state index contributed by atoms with van der Waals surface area (Å²) in [5.74, 6) is -14.8.